The molecule has 0 aliphatic carbocycles. The van der Waals surface area contributed by atoms with Crippen molar-refractivity contribution in [2.45, 2.75) is 38.8 Å². The average Bonchev–Trinajstić information content (AvgIpc) is 3.11. The summed E-state index contributed by atoms with van der Waals surface area (Å²) < 4.78 is 5.16. The first-order chi connectivity index (χ1) is 12.6. The van der Waals surface area contributed by atoms with E-state index in [2.05, 4.69) is 41.0 Å². The maximum absolute atomic E-state index is 10.4. The highest BCUT2D eigenvalue weighted by atomic mass is 16.5. The fraction of sp³-hybridized carbons (Fsp3) is 0.650. The van der Waals surface area contributed by atoms with E-state index in [0.29, 0.717) is 12.6 Å². The third-order valence-electron chi connectivity index (χ3n) is 5.00. The quantitative estimate of drug-likeness (QED) is 0.548. The van der Waals surface area contributed by atoms with E-state index in [-0.39, 0.29) is 0 Å². The summed E-state index contributed by atoms with van der Waals surface area (Å²) in [4.78, 5) is 9.37. The van der Waals surface area contributed by atoms with Gasteiger partial charge < -0.3 is 20.1 Å². The minimum Gasteiger partial charge on any atom is -0.497 e. The zero-order valence-electron chi connectivity index (χ0n) is 16.6. The van der Waals surface area contributed by atoms with Gasteiger partial charge in [0.2, 0.25) is 0 Å². The van der Waals surface area contributed by atoms with Gasteiger partial charge in [0.25, 0.3) is 0 Å². The van der Waals surface area contributed by atoms with Gasteiger partial charge in [0.05, 0.1) is 19.8 Å². The van der Waals surface area contributed by atoms with Crippen LogP contribution in [0.15, 0.2) is 29.3 Å². The predicted octanol–water partition coefficient (Wildman–Crippen LogP) is 2.11. The highest BCUT2D eigenvalue weighted by Crippen LogP contribution is 2.19. The van der Waals surface area contributed by atoms with Crippen molar-refractivity contribution in [1.29, 1.82) is 0 Å². The molecule has 1 aliphatic rings. The number of aliphatic hydroxyl groups is 1. The molecule has 2 unspecified atom stereocenters. The molecule has 1 saturated heterocycles. The van der Waals surface area contributed by atoms with E-state index in [4.69, 9.17) is 4.74 Å². The number of likely N-dealkylation sites (tertiary alicyclic amines) is 1. The van der Waals surface area contributed by atoms with Crippen molar-refractivity contribution >= 4 is 5.96 Å². The molecule has 26 heavy (non-hydrogen) atoms. The molecule has 2 rings (SSSR count). The van der Waals surface area contributed by atoms with E-state index in [1.807, 2.05) is 24.3 Å². The summed E-state index contributed by atoms with van der Waals surface area (Å²) in [5, 5.41) is 13.8. The van der Waals surface area contributed by atoms with Crippen LogP contribution in [0.1, 0.15) is 38.4 Å². The largest absolute Gasteiger partial charge is 0.497 e. The standard InChI is InChI=1S/C20H34N4O2/c1-5-21-20(23(3)15-17-8-7-13-24(17)6-2)22-14-19(25)16-9-11-18(26-4)12-10-16/h9-12,17,19,25H,5-8,13-15H2,1-4H3,(H,21,22). The monoisotopic (exact) mass is 362 g/mol. The van der Waals surface area contributed by atoms with Crippen LogP contribution in [0.25, 0.3) is 0 Å². The molecule has 1 aromatic carbocycles. The number of likely N-dealkylation sites (N-methyl/N-ethyl adjacent to an activating group) is 2. The lowest BCUT2D eigenvalue weighted by atomic mass is 10.1. The van der Waals surface area contributed by atoms with Crippen molar-refractivity contribution in [2.75, 3.05) is 46.9 Å². The average molecular weight is 363 g/mol. The van der Waals surface area contributed by atoms with Crippen LogP contribution in [-0.4, -0.2) is 73.8 Å². The number of aliphatic imine (C=N–C) groups is 1. The van der Waals surface area contributed by atoms with Crippen molar-refractivity contribution in [3.63, 3.8) is 0 Å². The van der Waals surface area contributed by atoms with Gasteiger partial charge in [-0.3, -0.25) is 9.89 Å². The molecule has 0 aromatic heterocycles. The Hall–Kier alpha value is -1.79. The van der Waals surface area contributed by atoms with E-state index < -0.39 is 6.10 Å². The summed E-state index contributed by atoms with van der Waals surface area (Å²) >= 11 is 0. The third kappa shape index (κ3) is 5.61. The van der Waals surface area contributed by atoms with Gasteiger partial charge in [0.15, 0.2) is 5.96 Å². The van der Waals surface area contributed by atoms with Crippen LogP contribution in [0.5, 0.6) is 5.75 Å². The molecule has 0 spiro atoms. The van der Waals surface area contributed by atoms with Crippen molar-refractivity contribution in [3.8, 4) is 5.75 Å². The van der Waals surface area contributed by atoms with Crippen LogP contribution < -0.4 is 10.1 Å². The van der Waals surface area contributed by atoms with Gasteiger partial charge in [-0.1, -0.05) is 19.1 Å². The first kappa shape index (κ1) is 20.5. The van der Waals surface area contributed by atoms with Crippen LogP contribution in [0, 0.1) is 0 Å². The fourth-order valence-electron chi connectivity index (χ4n) is 3.49. The topological polar surface area (TPSA) is 60.3 Å². The first-order valence-electron chi connectivity index (χ1n) is 9.64. The molecule has 0 amide bonds. The number of ether oxygens (including phenoxy) is 1. The molecule has 146 valence electrons. The van der Waals surface area contributed by atoms with Gasteiger partial charge in [-0.25, -0.2) is 0 Å². The van der Waals surface area contributed by atoms with Gasteiger partial charge in [-0.15, -0.1) is 0 Å². The first-order valence-corrected chi connectivity index (χ1v) is 9.64. The van der Waals surface area contributed by atoms with E-state index in [1.165, 1.54) is 19.4 Å². The second kappa shape index (κ2) is 10.4. The summed E-state index contributed by atoms with van der Waals surface area (Å²) in [5.41, 5.74) is 0.848. The lowest BCUT2D eigenvalue weighted by Gasteiger charge is -2.30. The smallest absolute Gasteiger partial charge is 0.193 e. The summed E-state index contributed by atoms with van der Waals surface area (Å²) in [6, 6.07) is 8.07. The van der Waals surface area contributed by atoms with Gasteiger partial charge in [-0.05, 0) is 50.6 Å². The Morgan fingerprint density at radius 2 is 2.12 bits per heavy atom. The molecule has 1 aliphatic heterocycles. The summed E-state index contributed by atoms with van der Waals surface area (Å²) in [7, 11) is 3.71. The third-order valence-corrected chi connectivity index (χ3v) is 5.00. The maximum Gasteiger partial charge on any atom is 0.193 e. The second-order valence-electron chi connectivity index (χ2n) is 6.79. The van der Waals surface area contributed by atoms with Gasteiger partial charge in [0, 0.05) is 26.2 Å². The molecular formula is C20H34N4O2. The molecule has 2 atom stereocenters. The minimum atomic E-state index is -0.624. The summed E-state index contributed by atoms with van der Waals surface area (Å²) in [6.45, 7) is 8.69. The zero-order valence-corrected chi connectivity index (χ0v) is 16.6. The van der Waals surface area contributed by atoms with Gasteiger partial charge >= 0.3 is 0 Å². The molecule has 0 saturated carbocycles. The minimum absolute atomic E-state index is 0.334. The molecule has 6 heteroatoms. The Kier molecular flexibility index (Phi) is 8.19. The number of nitrogens with zero attached hydrogens (tertiary/aromatic N) is 3. The molecule has 0 bridgehead atoms. The number of hydrogen-bond acceptors (Lipinski definition) is 4. The van der Waals surface area contributed by atoms with Gasteiger partial charge in [-0.2, -0.15) is 0 Å². The Bertz CT molecular complexity index is 561. The van der Waals surface area contributed by atoms with Crippen molar-refractivity contribution in [1.82, 2.24) is 15.1 Å². The molecule has 2 N–H and O–H groups in total. The molecule has 1 heterocycles. The van der Waals surface area contributed by atoms with E-state index >= 15 is 0 Å². The Morgan fingerprint density at radius 3 is 2.73 bits per heavy atom. The molecule has 1 aromatic rings. The Balaban J connectivity index is 1.97. The van der Waals surface area contributed by atoms with Crippen LogP contribution in [-0.2, 0) is 0 Å². The number of rotatable bonds is 8. The van der Waals surface area contributed by atoms with Crippen LogP contribution in [0.3, 0.4) is 0 Å². The molecule has 1 fully saturated rings. The molecular weight excluding hydrogens is 328 g/mol. The summed E-state index contributed by atoms with van der Waals surface area (Å²) in [5.74, 6) is 1.64. The van der Waals surface area contributed by atoms with E-state index in [0.717, 1.165) is 36.9 Å². The second-order valence-corrected chi connectivity index (χ2v) is 6.79. The fourth-order valence-corrected chi connectivity index (χ4v) is 3.49. The van der Waals surface area contributed by atoms with Crippen molar-refractivity contribution in [2.24, 2.45) is 4.99 Å². The van der Waals surface area contributed by atoms with Crippen LogP contribution in [0.4, 0.5) is 0 Å². The lowest BCUT2D eigenvalue weighted by Crippen LogP contribution is -2.46. The van der Waals surface area contributed by atoms with Crippen LogP contribution in [0.2, 0.25) is 0 Å². The van der Waals surface area contributed by atoms with Crippen LogP contribution >= 0.6 is 0 Å². The number of benzene rings is 1. The maximum atomic E-state index is 10.4. The van der Waals surface area contributed by atoms with Crippen molar-refractivity contribution < 1.29 is 9.84 Å². The van der Waals surface area contributed by atoms with Gasteiger partial charge in [0.1, 0.15) is 5.75 Å². The molecule has 0 radical (unpaired) electrons. The SMILES string of the molecule is CCNC(=NCC(O)c1ccc(OC)cc1)N(C)CC1CCCN1CC. The summed E-state index contributed by atoms with van der Waals surface area (Å²) in [6.07, 6.45) is 1.89. The highest BCUT2D eigenvalue weighted by Gasteiger charge is 2.25. The Labute approximate surface area is 157 Å². The predicted molar refractivity (Wildman–Crippen MR) is 107 cm³/mol. The Morgan fingerprint density at radius 1 is 1.38 bits per heavy atom. The lowest BCUT2D eigenvalue weighted by molar-refractivity contribution is 0.186. The zero-order chi connectivity index (χ0) is 18.9. The number of guanidine groups is 1. The number of methoxy groups -OCH3 is 1. The highest BCUT2D eigenvalue weighted by molar-refractivity contribution is 5.79. The number of hydrogen-bond donors (Lipinski definition) is 2. The normalized spacial score (nSPS) is 19.4. The van der Waals surface area contributed by atoms with E-state index in [1.54, 1.807) is 7.11 Å². The van der Waals surface area contributed by atoms with Crippen molar-refractivity contribution in [3.05, 3.63) is 29.8 Å². The molecule has 6 nitrogen and oxygen atoms in total. The van der Waals surface area contributed by atoms with E-state index in [9.17, 15) is 5.11 Å². The number of aliphatic hydroxyl groups excluding tert-OH is 1. The number of nitrogens with one attached hydrogen (secondary N) is 1.